The largest absolute Gasteiger partial charge is 0.388 e. The van der Waals surface area contributed by atoms with E-state index in [1.54, 1.807) is 11.3 Å². The Hall–Kier alpha value is -2.74. The summed E-state index contributed by atoms with van der Waals surface area (Å²) in [4.78, 5) is 12.4. The van der Waals surface area contributed by atoms with Gasteiger partial charge in [-0.15, -0.1) is 11.3 Å². The van der Waals surface area contributed by atoms with Crippen LogP contribution in [-0.2, 0) is 0 Å². The van der Waals surface area contributed by atoms with Crippen molar-refractivity contribution in [2.45, 2.75) is 38.3 Å². The second kappa shape index (κ2) is 9.02. The van der Waals surface area contributed by atoms with Crippen LogP contribution in [0.15, 0.2) is 59.6 Å². The van der Waals surface area contributed by atoms with Gasteiger partial charge in [0.05, 0.1) is 22.5 Å². The van der Waals surface area contributed by atoms with E-state index in [1.165, 1.54) is 0 Å². The van der Waals surface area contributed by atoms with Crippen molar-refractivity contribution in [3.63, 3.8) is 0 Å². The van der Waals surface area contributed by atoms with E-state index in [9.17, 15) is 5.11 Å². The summed E-state index contributed by atoms with van der Waals surface area (Å²) in [5.41, 5.74) is 3.82. The molecule has 3 heterocycles. The van der Waals surface area contributed by atoms with Crippen molar-refractivity contribution in [3.8, 4) is 0 Å². The van der Waals surface area contributed by atoms with Crippen LogP contribution >= 0.6 is 11.3 Å². The van der Waals surface area contributed by atoms with Crippen LogP contribution in [0.1, 0.15) is 48.6 Å². The number of hydrogen-bond acceptors (Lipinski definition) is 7. The van der Waals surface area contributed by atoms with Gasteiger partial charge in [0.15, 0.2) is 5.84 Å². The van der Waals surface area contributed by atoms with E-state index in [0.717, 1.165) is 58.1 Å². The molecule has 0 amide bonds. The molecule has 0 bridgehead atoms. The molecule has 1 aromatic heterocycles. The number of nitrogens with zero attached hydrogens (tertiary/aromatic N) is 3. The molecule has 0 saturated carbocycles. The van der Waals surface area contributed by atoms with Crippen molar-refractivity contribution in [2.75, 3.05) is 25.0 Å². The van der Waals surface area contributed by atoms with Gasteiger partial charge in [-0.05, 0) is 24.1 Å². The number of nitrogens with one attached hydrogen (secondary N) is 2. The number of benzene rings is 2. The summed E-state index contributed by atoms with van der Waals surface area (Å²) < 4.78 is 0. The Morgan fingerprint density at radius 1 is 1.12 bits per heavy atom. The third-order valence-corrected chi connectivity index (χ3v) is 7.25. The second-order valence-electron chi connectivity index (χ2n) is 8.72. The maximum absolute atomic E-state index is 10.8. The molecular formula is C25H29N5OS. The number of aliphatic hydroxyl groups is 1. The van der Waals surface area contributed by atoms with Gasteiger partial charge in [0.1, 0.15) is 10.7 Å². The zero-order valence-corrected chi connectivity index (χ0v) is 19.3. The van der Waals surface area contributed by atoms with E-state index in [-0.39, 0.29) is 6.04 Å². The van der Waals surface area contributed by atoms with Gasteiger partial charge in [-0.25, -0.2) is 9.98 Å². The summed E-state index contributed by atoms with van der Waals surface area (Å²) in [5, 5.41) is 20.1. The normalized spacial score (nSPS) is 18.9. The predicted octanol–water partition coefficient (Wildman–Crippen LogP) is 4.80. The van der Waals surface area contributed by atoms with E-state index in [1.807, 2.05) is 48.5 Å². The molecule has 0 radical (unpaired) electrons. The molecular weight excluding hydrogens is 418 g/mol. The zero-order valence-electron chi connectivity index (χ0n) is 18.5. The van der Waals surface area contributed by atoms with Crippen LogP contribution in [0.3, 0.4) is 0 Å². The van der Waals surface area contributed by atoms with Crippen molar-refractivity contribution < 1.29 is 5.11 Å². The highest BCUT2D eigenvalue weighted by Crippen LogP contribution is 2.39. The summed E-state index contributed by atoms with van der Waals surface area (Å²) in [5.74, 6) is 1.28. The molecule has 32 heavy (non-hydrogen) atoms. The van der Waals surface area contributed by atoms with E-state index in [2.05, 4.69) is 35.4 Å². The fourth-order valence-corrected chi connectivity index (χ4v) is 5.24. The Kier molecular flexibility index (Phi) is 5.95. The van der Waals surface area contributed by atoms with Crippen LogP contribution in [0.2, 0.25) is 0 Å². The Morgan fingerprint density at radius 3 is 2.72 bits per heavy atom. The first-order valence-electron chi connectivity index (χ1n) is 11.3. The molecule has 7 heteroatoms. The van der Waals surface area contributed by atoms with Crippen LogP contribution < -0.4 is 10.6 Å². The Bertz CT molecular complexity index is 1110. The maximum atomic E-state index is 10.8. The minimum atomic E-state index is -0.491. The second-order valence-corrected chi connectivity index (χ2v) is 9.75. The molecule has 0 aliphatic carbocycles. The maximum Gasteiger partial charge on any atom is 0.158 e. The number of piperazine rings is 1. The molecule has 1 fully saturated rings. The zero-order chi connectivity index (χ0) is 22.1. The lowest BCUT2D eigenvalue weighted by Gasteiger charge is -2.36. The number of anilines is 2. The number of aromatic nitrogens is 1. The first kappa shape index (κ1) is 21.1. The molecule has 2 aromatic carbocycles. The average molecular weight is 448 g/mol. The molecule has 2 aliphatic rings. The van der Waals surface area contributed by atoms with Crippen LogP contribution in [0.4, 0.5) is 16.4 Å². The minimum absolute atomic E-state index is 0.166. The van der Waals surface area contributed by atoms with Crippen LogP contribution in [0, 0.1) is 0 Å². The van der Waals surface area contributed by atoms with Crippen molar-refractivity contribution in [2.24, 2.45) is 4.99 Å². The topological polar surface area (TPSA) is 72.8 Å². The number of amidine groups is 1. The van der Waals surface area contributed by atoms with Crippen LogP contribution in [0.5, 0.6) is 0 Å². The molecule has 3 N–H and O–H groups in total. The number of fused-ring (bicyclic) bond motifs is 2. The van der Waals surface area contributed by atoms with Gasteiger partial charge in [0.2, 0.25) is 0 Å². The number of aliphatic hydroxyl groups excluding tert-OH is 1. The fraction of sp³-hybridized carbons (Fsp3) is 0.360. The lowest BCUT2D eigenvalue weighted by atomic mass is 10.0. The molecule has 1 saturated heterocycles. The average Bonchev–Trinajstić information content (AvgIpc) is 3.16. The van der Waals surface area contributed by atoms with Crippen molar-refractivity contribution in [3.05, 3.63) is 70.9 Å². The molecule has 5 rings (SSSR count). The number of aliphatic imine (C=N–C) groups is 1. The summed E-state index contributed by atoms with van der Waals surface area (Å²) >= 11 is 1.71. The number of hydrogen-bond donors (Lipinski definition) is 3. The number of thiazole rings is 1. The van der Waals surface area contributed by atoms with E-state index in [0.29, 0.717) is 12.3 Å². The third kappa shape index (κ3) is 4.28. The van der Waals surface area contributed by atoms with Gasteiger partial charge in [0, 0.05) is 31.6 Å². The van der Waals surface area contributed by atoms with E-state index < -0.39 is 6.10 Å². The van der Waals surface area contributed by atoms with E-state index >= 15 is 0 Å². The van der Waals surface area contributed by atoms with Gasteiger partial charge in [-0.3, -0.25) is 0 Å². The highest BCUT2D eigenvalue weighted by atomic mass is 32.1. The SMILES string of the molecule is CC(C)c1nc2c(s1)Nc1ccccc1N=C2N1CCNC(CC(O)c2ccccc2)C1. The molecule has 2 aliphatic heterocycles. The summed E-state index contributed by atoms with van der Waals surface area (Å²) in [6, 6.07) is 18.2. The van der Waals surface area contributed by atoms with Gasteiger partial charge < -0.3 is 20.6 Å². The van der Waals surface area contributed by atoms with Crippen LogP contribution in [-0.4, -0.2) is 46.5 Å². The summed E-state index contributed by atoms with van der Waals surface area (Å²) in [6.07, 6.45) is 0.165. The van der Waals surface area contributed by atoms with Crippen molar-refractivity contribution in [1.82, 2.24) is 15.2 Å². The van der Waals surface area contributed by atoms with Gasteiger partial charge in [-0.1, -0.05) is 56.3 Å². The van der Waals surface area contributed by atoms with Crippen LogP contribution in [0.25, 0.3) is 0 Å². The Balaban J connectivity index is 1.44. The highest BCUT2D eigenvalue weighted by Gasteiger charge is 2.30. The minimum Gasteiger partial charge on any atom is -0.388 e. The quantitative estimate of drug-likeness (QED) is 0.536. The Labute approximate surface area is 193 Å². The lowest BCUT2D eigenvalue weighted by Crippen LogP contribution is -2.53. The van der Waals surface area contributed by atoms with Crippen molar-refractivity contribution in [1.29, 1.82) is 0 Å². The molecule has 3 aromatic rings. The molecule has 166 valence electrons. The van der Waals surface area contributed by atoms with Crippen molar-refractivity contribution >= 4 is 33.5 Å². The monoisotopic (exact) mass is 447 g/mol. The standard InChI is InChI=1S/C25H29N5OS/c1-16(2)24-29-22-23(27-19-10-6-7-11-20(19)28-25(22)32-24)30-13-12-26-18(15-30)14-21(31)17-8-4-3-5-9-17/h3-11,16,18,21,26,28,31H,12-15H2,1-2H3. The first-order valence-corrected chi connectivity index (χ1v) is 12.1. The number of para-hydroxylation sites is 2. The van der Waals surface area contributed by atoms with E-state index in [4.69, 9.17) is 9.98 Å². The molecule has 2 atom stereocenters. The molecule has 6 nitrogen and oxygen atoms in total. The summed E-state index contributed by atoms with van der Waals surface area (Å²) in [7, 11) is 0. The number of rotatable bonds is 4. The molecule has 2 unspecified atom stereocenters. The smallest absolute Gasteiger partial charge is 0.158 e. The van der Waals surface area contributed by atoms with Gasteiger partial charge in [-0.2, -0.15) is 0 Å². The van der Waals surface area contributed by atoms with Gasteiger partial charge >= 0.3 is 0 Å². The predicted molar refractivity (Wildman–Crippen MR) is 132 cm³/mol. The fourth-order valence-electron chi connectivity index (χ4n) is 4.26. The van der Waals surface area contributed by atoms with Gasteiger partial charge in [0.25, 0.3) is 0 Å². The lowest BCUT2D eigenvalue weighted by molar-refractivity contribution is 0.136. The summed E-state index contributed by atoms with van der Waals surface area (Å²) in [6.45, 7) is 6.83. The Morgan fingerprint density at radius 2 is 1.91 bits per heavy atom. The first-order chi connectivity index (χ1) is 15.6. The molecule has 0 spiro atoms. The third-order valence-electron chi connectivity index (χ3n) is 5.98. The highest BCUT2D eigenvalue weighted by molar-refractivity contribution is 7.16.